The highest BCUT2D eigenvalue weighted by Gasteiger charge is 2.33. The van der Waals surface area contributed by atoms with Gasteiger partial charge in [-0.3, -0.25) is 9.72 Å². The molecule has 1 aromatic carbocycles. The van der Waals surface area contributed by atoms with Crippen molar-refractivity contribution in [3.8, 4) is 5.69 Å². The number of nitrogens with zero attached hydrogens (tertiary/aromatic N) is 4. The van der Waals surface area contributed by atoms with E-state index in [1.54, 1.807) is 40.7 Å². The number of aliphatic hydroxyl groups is 1. The number of aromatic nitrogens is 4. The summed E-state index contributed by atoms with van der Waals surface area (Å²) in [7, 11) is 1.32. The summed E-state index contributed by atoms with van der Waals surface area (Å²) in [6.07, 6.45) is 8.14. The largest absolute Gasteiger partial charge is 0.453 e. The number of aliphatic hydroxyl groups excluding tert-OH is 1. The molecule has 0 saturated heterocycles. The van der Waals surface area contributed by atoms with E-state index in [9.17, 15) is 9.90 Å². The molecule has 1 fully saturated rings. The molecule has 8 nitrogen and oxygen atoms in total. The minimum atomic E-state index is -0.775. The molecule has 1 unspecified atom stereocenters. The Balaban J connectivity index is 1.42. The lowest BCUT2D eigenvalue weighted by Gasteiger charge is -2.10. The van der Waals surface area contributed by atoms with Crippen molar-refractivity contribution in [2.75, 3.05) is 12.4 Å². The molecule has 3 heterocycles. The van der Waals surface area contributed by atoms with Gasteiger partial charge in [0.05, 0.1) is 30.9 Å². The second-order valence-electron chi connectivity index (χ2n) is 7.01. The van der Waals surface area contributed by atoms with Crippen LogP contribution in [0.15, 0.2) is 49.2 Å². The van der Waals surface area contributed by atoms with Crippen LogP contribution < -0.4 is 5.32 Å². The van der Waals surface area contributed by atoms with Gasteiger partial charge < -0.3 is 9.84 Å². The summed E-state index contributed by atoms with van der Waals surface area (Å²) in [4.78, 5) is 17.8. The predicted molar refractivity (Wildman–Crippen MR) is 109 cm³/mol. The lowest BCUT2D eigenvalue weighted by molar-refractivity contribution is 0.187. The van der Waals surface area contributed by atoms with Gasteiger partial charge in [0.25, 0.3) is 0 Å². The standard InChI is InChI=1S/C20H19N5O3S/c1-28-20(27)23-14-4-6-15(7-5-14)25-10-13(8-22-25)18(26)17-19(12-2-3-12)29-16-9-21-11-24(16)17/h4-12,18,26H,2-3H2,1H3,(H,23,27). The molecule has 0 aliphatic heterocycles. The number of carbonyl (C=O) groups excluding carboxylic acids is 1. The fourth-order valence-corrected chi connectivity index (χ4v) is 4.67. The van der Waals surface area contributed by atoms with Crippen molar-refractivity contribution in [2.24, 2.45) is 0 Å². The highest BCUT2D eigenvalue weighted by atomic mass is 32.1. The number of thiazole rings is 1. The van der Waals surface area contributed by atoms with Crippen molar-refractivity contribution in [1.29, 1.82) is 0 Å². The Morgan fingerprint density at radius 2 is 2.10 bits per heavy atom. The van der Waals surface area contributed by atoms with Gasteiger partial charge >= 0.3 is 6.09 Å². The summed E-state index contributed by atoms with van der Waals surface area (Å²) < 4.78 is 8.27. The van der Waals surface area contributed by atoms with Crippen LogP contribution >= 0.6 is 11.3 Å². The van der Waals surface area contributed by atoms with E-state index in [2.05, 4.69) is 20.1 Å². The number of imidazole rings is 1. The molecule has 1 saturated carbocycles. The lowest BCUT2D eigenvalue weighted by Crippen LogP contribution is -2.10. The molecular formula is C20H19N5O3S. The van der Waals surface area contributed by atoms with E-state index in [0.717, 1.165) is 21.8 Å². The summed E-state index contributed by atoms with van der Waals surface area (Å²) in [5.41, 5.74) is 3.06. The second-order valence-corrected chi connectivity index (χ2v) is 8.07. The van der Waals surface area contributed by atoms with Crippen LogP contribution in [0.5, 0.6) is 0 Å². The molecule has 0 radical (unpaired) electrons. The summed E-state index contributed by atoms with van der Waals surface area (Å²) in [6, 6.07) is 7.21. The maximum absolute atomic E-state index is 11.3. The summed E-state index contributed by atoms with van der Waals surface area (Å²) in [5, 5.41) is 18.1. The molecular weight excluding hydrogens is 390 g/mol. The van der Waals surface area contributed by atoms with Gasteiger partial charge in [-0.2, -0.15) is 5.10 Å². The van der Waals surface area contributed by atoms with Gasteiger partial charge in [0.2, 0.25) is 0 Å². The smallest absolute Gasteiger partial charge is 0.411 e. The van der Waals surface area contributed by atoms with Gasteiger partial charge in [-0.25, -0.2) is 14.5 Å². The van der Waals surface area contributed by atoms with Crippen molar-refractivity contribution in [3.63, 3.8) is 0 Å². The monoisotopic (exact) mass is 409 g/mol. The Morgan fingerprint density at radius 1 is 1.31 bits per heavy atom. The molecule has 2 N–H and O–H groups in total. The Morgan fingerprint density at radius 3 is 2.83 bits per heavy atom. The van der Waals surface area contributed by atoms with Gasteiger partial charge in [-0.15, -0.1) is 11.3 Å². The zero-order valence-electron chi connectivity index (χ0n) is 15.6. The molecule has 1 atom stereocenters. The number of hydrogen-bond acceptors (Lipinski definition) is 6. The van der Waals surface area contributed by atoms with Crippen LogP contribution in [0.3, 0.4) is 0 Å². The van der Waals surface area contributed by atoms with Gasteiger partial charge in [-0.05, 0) is 43.0 Å². The van der Waals surface area contributed by atoms with Crippen LogP contribution in [0.2, 0.25) is 0 Å². The number of amides is 1. The van der Waals surface area contributed by atoms with Crippen molar-refractivity contribution in [1.82, 2.24) is 19.2 Å². The first-order valence-corrected chi connectivity index (χ1v) is 10.1. The van der Waals surface area contributed by atoms with Gasteiger partial charge in [0.1, 0.15) is 17.3 Å². The maximum atomic E-state index is 11.3. The Hall–Kier alpha value is -3.17. The number of nitrogens with one attached hydrogen (secondary N) is 1. The number of fused-ring (bicyclic) bond motifs is 1. The van der Waals surface area contributed by atoms with E-state index in [0.29, 0.717) is 11.6 Å². The van der Waals surface area contributed by atoms with Crippen LogP contribution in [0.1, 0.15) is 41.0 Å². The minimum Gasteiger partial charge on any atom is -0.453 e. The minimum absolute atomic E-state index is 0.518. The zero-order valence-corrected chi connectivity index (χ0v) is 16.5. The van der Waals surface area contributed by atoms with Crippen molar-refractivity contribution in [3.05, 3.63) is 65.3 Å². The van der Waals surface area contributed by atoms with Crippen molar-refractivity contribution in [2.45, 2.75) is 24.9 Å². The van der Waals surface area contributed by atoms with E-state index in [1.165, 1.54) is 24.8 Å². The zero-order chi connectivity index (χ0) is 20.0. The Labute approximate surface area is 170 Å². The first-order valence-electron chi connectivity index (χ1n) is 9.26. The third kappa shape index (κ3) is 3.28. The lowest BCUT2D eigenvalue weighted by atomic mass is 10.1. The first kappa shape index (κ1) is 17.9. The number of carbonyl (C=O) groups is 1. The van der Waals surface area contributed by atoms with E-state index < -0.39 is 12.2 Å². The Kier molecular flexibility index (Phi) is 4.33. The normalized spacial score (nSPS) is 14.8. The van der Waals surface area contributed by atoms with Crippen LogP contribution in [-0.4, -0.2) is 37.5 Å². The molecule has 5 rings (SSSR count). The van der Waals surface area contributed by atoms with Gasteiger partial charge in [0, 0.05) is 22.3 Å². The second kappa shape index (κ2) is 7.02. The summed E-state index contributed by atoms with van der Waals surface area (Å²) in [6.45, 7) is 0. The molecule has 3 aromatic heterocycles. The van der Waals surface area contributed by atoms with Gasteiger partial charge in [0.15, 0.2) is 0 Å². The molecule has 0 spiro atoms. The third-order valence-corrected chi connectivity index (χ3v) is 6.29. The number of anilines is 1. The predicted octanol–water partition coefficient (Wildman–Crippen LogP) is 3.72. The van der Waals surface area contributed by atoms with Crippen LogP contribution in [0, 0.1) is 0 Å². The van der Waals surface area contributed by atoms with Crippen LogP contribution in [-0.2, 0) is 4.74 Å². The molecule has 148 valence electrons. The van der Waals surface area contributed by atoms with Gasteiger partial charge in [-0.1, -0.05) is 0 Å². The van der Waals surface area contributed by atoms with E-state index in [1.807, 2.05) is 28.9 Å². The third-order valence-electron chi connectivity index (χ3n) is 5.02. The fraction of sp³-hybridized carbons (Fsp3) is 0.250. The molecule has 1 amide bonds. The van der Waals surface area contributed by atoms with Crippen molar-refractivity contribution < 1.29 is 14.6 Å². The highest BCUT2D eigenvalue weighted by molar-refractivity contribution is 7.17. The molecule has 0 bridgehead atoms. The number of hydrogen-bond donors (Lipinski definition) is 2. The maximum Gasteiger partial charge on any atom is 0.411 e. The van der Waals surface area contributed by atoms with Crippen molar-refractivity contribution >= 4 is 27.9 Å². The van der Waals surface area contributed by atoms with E-state index >= 15 is 0 Å². The van der Waals surface area contributed by atoms with E-state index in [4.69, 9.17) is 0 Å². The van der Waals surface area contributed by atoms with Crippen LogP contribution in [0.4, 0.5) is 10.5 Å². The summed E-state index contributed by atoms with van der Waals surface area (Å²) >= 11 is 1.70. The quantitative estimate of drug-likeness (QED) is 0.524. The summed E-state index contributed by atoms with van der Waals surface area (Å²) in [5.74, 6) is 0.537. The fourth-order valence-electron chi connectivity index (χ4n) is 3.37. The number of benzene rings is 1. The van der Waals surface area contributed by atoms with E-state index in [-0.39, 0.29) is 0 Å². The number of ether oxygens (including phenoxy) is 1. The SMILES string of the molecule is COC(=O)Nc1ccc(-n2cc(C(O)c3c(C4CC4)sc4cncn34)cn2)cc1. The average Bonchev–Trinajstić information content (AvgIpc) is 3.14. The highest BCUT2D eigenvalue weighted by Crippen LogP contribution is 2.47. The molecule has 1 aliphatic rings. The first-order chi connectivity index (χ1) is 14.1. The Bertz CT molecular complexity index is 1170. The molecule has 29 heavy (non-hydrogen) atoms. The molecule has 4 aromatic rings. The molecule has 1 aliphatic carbocycles. The number of methoxy groups -OCH3 is 1. The van der Waals surface area contributed by atoms with Crippen LogP contribution in [0.25, 0.3) is 10.5 Å². The molecule has 9 heteroatoms. The average molecular weight is 409 g/mol. The topological polar surface area (TPSA) is 93.7 Å². The number of rotatable bonds is 5.